The van der Waals surface area contributed by atoms with E-state index in [-0.39, 0.29) is 0 Å². The molecule has 0 saturated carbocycles. The summed E-state index contributed by atoms with van der Waals surface area (Å²) in [4.78, 5) is 10.6. The van der Waals surface area contributed by atoms with Crippen LogP contribution in [-0.2, 0) is 22.9 Å². The Bertz CT molecular complexity index is 565. The molecular weight excluding hydrogens is 276 g/mol. The Morgan fingerprint density at radius 2 is 1.05 bits per heavy atom. The molecule has 114 valence electrons. The summed E-state index contributed by atoms with van der Waals surface area (Å²) in [6, 6.07) is 19.8. The number of rotatable bonds is 7. The Balaban J connectivity index is 1.79. The van der Waals surface area contributed by atoms with Crippen molar-refractivity contribution in [3.05, 3.63) is 71.8 Å². The third kappa shape index (κ3) is 5.40. The summed E-state index contributed by atoms with van der Waals surface area (Å²) in [5.41, 5.74) is 3.55. The van der Waals surface area contributed by atoms with Gasteiger partial charge in [0.15, 0.2) is 0 Å². The first-order valence-corrected chi connectivity index (χ1v) is 7.17. The van der Waals surface area contributed by atoms with Gasteiger partial charge in [-0.2, -0.15) is 0 Å². The molecule has 2 rings (SSSR count). The van der Waals surface area contributed by atoms with E-state index in [1.165, 1.54) is 0 Å². The van der Waals surface area contributed by atoms with Crippen LogP contribution < -0.4 is 0 Å². The topological polar surface area (TPSA) is 43.2 Å². The lowest BCUT2D eigenvalue weighted by Gasteiger charge is -2.03. The molecule has 0 fully saturated rings. The van der Waals surface area contributed by atoms with Crippen LogP contribution in [0.5, 0.6) is 0 Å². The zero-order valence-corrected chi connectivity index (χ0v) is 12.9. The van der Waals surface area contributed by atoms with Gasteiger partial charge in [-0.3, -0.25) is 0 Å². The summed E-state index contributed by atoms with van der Waals surface area (Å²) in [6.07, 6.45) is 0. The lowest BCUT2D eigenvalue weighted by atomic mass is 10.2. The first-order chi connectivity index (χ1) is 10.8. The first-order valence-electron chi connectivity index (χ1n) is 7.17. The standard InChI is InChI=1S/C18H20N2O2/c1-15(19-21-13-17-9-5-3-6-10-17)16(2)20-22-14-18-11-7-4-8-12-18/h3-12H,13-14H2,1-2H3/b19-15-,20-16-. The van der Waals surface area contributed by atoms with E-state index in [9.17, 15) is 0 Å². The Morgan fingerprint density at radius 3 is 1.41 bits per heavy atom. The van der Waals surface area contributed by atoms with Crippen LogP contribution in [0.1, 0.15) is 25.0 Å². The van der Waals surface area contributed by atoms with E-state index < -0.39 is 0 Å². The molecule has 4 heteroatoms. The van der Waals surface area contributed by atoms with E-state index in [0.29, 0.717) is 24.6 Å². The molecule has 0 amide bonds. The Hall–Kier alpha value is -2.62. The molecular formula is C18H20N2O2. The largest absolute Gasteiger partial charge is 0.391 e. The quantitative estimate of drug-likeness (QED) is 0.568. The number of nitrogens with zero attached hydrogens (tertiary/aromatic N) is 2. The van der Waals surface area contributed by atoms with Gasteiger partial charge in [0.25, 0.3) is 0 Å². The number of hydrogen-bond donors (Lipinski definition) is 0. The van der Waals surface area contributed by atoms with Gasteiger partial charge in [0.2, 0.25) is 0 Å². The minimum Gasteiger partial charge on any atom is -0.391 e. The molecule has 0 bridgehead atoms. The molecule has 0 radical (unpaired) electrons. The smallest absolute Gasteiger partial charge is 0.142 e. The van der Waals surface area contributed by atoms with E-state index in [1.807, 2.05) is 74.5 Å². The summed E-state index contributed by atoms with van der Waals surface area (Å²) in [7, 11) is 0. The molecule has 0 aliphatic heterocycles. The van der Waals surface area contributed by atoms with Gasteiger partial charge in [-0.05, 0) is 25.0 Å². The molecule has 0 N–H and O–H groups in total. The molecule has 2 aromatic rings. The predicted octanol–water partition coefficient (Wildman–Crippen LogP) is 4.17. The molecule has 0 aromatic heterocycles. The minimum atomic E-state index is 0.441. The van der Waals surface area contributed by atoms with Crippen LogP contribution in [0.3, 0.4) is 0 Å². The summed E-state index contributed by atoms with van der Waals surface area (Å²) >= 11 is 0. The lowest BCUT2D eigenvalue weighted by molar-refractivity contribution is 0.127. The average Bonchev–Trinajstić information content (AvgIpc) is 2.56. The average molecular weight is 296 g/mol. The van der Waals surface area contributed by atoms with Crippen LogP contribution in [-0.4, -0.2) is 11.4 Å². The SMILES string of the molecule is CC(=N/OCc1ccccc1)/C(C)=N\OCc1ccccc1. The second kappa shape index (κ2) is 8.62. The van der Waals surface area contributed by atoms with Gasteiger partial charge in [-0.15, -0.1) is 0 Å². The Morgan fingerprint density at radius 1 is 0.682 bits per heavy atom. The fourth-order valence-corrected chi connectivity index (χ4v) is 1.69. The molecule has 0 spiro atoms. The molecule has 0 atom stereocenters. The van der Waals surface area contributed by atoms with Crippen LogP contribution in [0.25, 0.3) is 0 Å². The van der Waals surface area contributed by atoms with Gasteiger partial charge in [0.05, 0.1) is 0 Å². The van der Waals surface area contributed by atoms with Gasteiger partial charge < -0.3 is 9.68 Å². The van der Waals surface area contributed by atoms with Crippen LogP contribution >= 0.6 is 0 Å². The van der Waals surface area contributed by atoms with Crippen molar-refractivity contribution >= 4 is 11.4 Å². The minimum absolute atomic E-state index is 0.441. The molecule has 0 heterocycles. The highest BCUT2D eigenvalue weighted by molar-refractivity contribution is 6.40. The number of oxime groups is 2. The monoisotopic (exact) mass is 296 g/mol. The van der Waals surface area contributed by atoms with Crippen LogP contribution in [0, 0.1) is 0 Å². The highest BCUT2D eigenvalue weighted by Crippen LogP contribution is 2.02. The van der Waals surface area contributed by atoms with E-state index in [0.717, 1.165) is 11.1 Å². The van der Waals surface area contributed by atoms with E-state index in [4.69, 9.17) is 9.68 Å². The zero-order valence-electron chi connectivity index (χ0n) is 12.9. The maximum absolute atomic E-state index is 5.32. The fourth-order valence-electron chi connectivity index (χ4n) is 1.69. The molecule has 0 aliphatic carbocycles. The Kier molecular flexibility index (Phi) is 6.18. The lowest BCUT2D eigenvalue weighted by Crippen LogP contribution is -2.07. The van der Waals surface area contributed by atoms with Crippen LogP contribution in [0.15, 0.2) is 71.0 Å². The summed E-state index contributed by atoms with van der Waals surface area (Å²) in [6.45, 7) is 4.57. The fraction of sp³-hybridized carbons (Fsp3) is 0.222. The van der Waals surface area contributed by atoms with Crippen molar-refractivity contribution in [2.45, 2.75) is 27.1 Å². The van der Waals surface area contributed by atoms with Crippen molar-refractivity contribution in [1.29, 1.82) is 0 Å². The van der Waals surface area contributed by atoms with Gasteiger partial charge in [-0.1, -0.05) is 71.0 Å². The van der Waals surface area contributed by atoms with Crippen molar-refractivity contribution in [3.8, 4) is 0 Å². The third-order valence-corrected chi connectivity index (χ3v) is 3.07. The van der Waals surface area contributed by atoms with Crippen molar-refractivity contribution in [2.24, 2.45) is 10.3 Å². The summed E-state index contributed by atoms with van der Waals surface area (Å²) in [5.74, 6) is 0. The molecule has 4 nitrogen and oxygen atoms in total. The Labute approximate surface area is 131 Å². The second-order valence-corrected chi connectivity index (χ2v) is 4.87. The number of benzene rings is 2. The molecule has 0 unspecified atom stereocenters. The molecule has 0 saturated heterocycles. The zero-order chi connectivity index (χ0) is 15.6. The van der Waals surface area contributed by atoms with Crippen LogP contribution in [0.2, 0.25) is 0 Å². The van der Waals surface area contributed by atoms with Gasteiger partial charge >= 0.3 is 0 Å². The van der Waals surface area contributed by atoms with Gasteiger partial charge in [0, 0.05) is 0 Å². The number of hydrogen-bond acceptors (Lipinski definition) is 4. The predicted molar refractivity (Wildman–Crippen MR) is 88.7 cm³/mol. The van der Waals surface area contributed by atoms with Crippen molar-refractivity contribution in [1.82, 2.24) is 0 Å². The van der Waals surface area contributed by atoms with E-state index in [1.54, 1.807) is 0 Å². The van der Waals surface area contributed by atoms with E-state index in [2.05, 4.69) is 10.3 Å². The van der Waals surface area contributed by atoms with Crippen LogP contribution in [0.4, 0.5) is 0 Å². The second-order valence-electron chi connectivity index (χ2n) is 4.87. The first kappa shape index (κ1) is 15.8. The highest BCUT2D eigenvalue weighted by atomic mass is 16.6. The molecule has 0 aliphatic rings. The van der Waals surface area contributed by atoms with E-state index >= 15 is 0 Å². The van der Waals surface area contributed by atoms with Gasteiger partial charge in [-0.25, -0.2) is 0 Å². The maximum atomic E-state index is 5.32. The summed E-state index contributed by atoms with van der Waals surface area (Å²) < 4.78 is 0. The molecule has 22 heavy (non-hydrogen) atoms. The highest BCUT2D eigenvalue weighted by Gasteiger charge is 1.99. The maximum Gasteiger partial charge on any atom is 0.142 e. The van der Waals surface area contributed by atoms with Crippen molar-refractivity contribution in [2.75, 3.05) is 0 Å². The van der Waals surface area contributed by atoms with Crippen molar-refractivity contribution < 1.29 is 9.68 Å². The third-order valence-electron chi connectivity index (χ3n) is 3.07. The summed E-state index contributed by atoms with van der Waals surface area (Å²) in [5, 5.41) is 8.10. The normalized spacial score (nSPS) is 12.1. The van der Waals surface area contributed by atoms with Gasteiger partial charge in [0.1, 0.15) is 24.6 Å². The molecule has 2 aromatic carbocycles. The van der Waals surface area contributed by atoms with Crippen molar-refractivity contribution in [3.63, 3.8) is 0 Å².